The molecule has 0 spiro atoms. The number of ether oxygens (including phenoxy) is 1. The van der Waals surface area contributed by atoms with Crippen LogP contribution in [0.5, 0.6) is 0 Å². The van der Waals surface area contributed by atoms with Gasteiger partial charge in [-0.3, -0.25) is 9.59 Å². The largest absolute Gasteiger partial charge is 0.467 e. The number of benzene rings is 1. The Balaban J connectivity index is 1.81. The van der Waals surface area contributed by atoms with Crippen molar-refractivity contribution < 1.29 is 27.2 Å². The molecule has 1 heterocycles. The van der Waals surface area contributed by atoms with Gasteiger partial charge in [-0.2, -0.15) is 4.72 Å². The van der Waals surface area contributed by atoms with Crippen LogP contribution in [0.25, 0.3) is 0 Å². The summed E-state index contributed by atoms with van der Waals surface area (Å²) < 4.78 is 36.4. The molecule has 1 aromatic carbocycles. The maximum absolute atomic E-state index is 12.2. The lowest BCUT2D eigenvalue weighted by molar-refractivity contribution is -0.149. The highest BCUT2D eigenvalue weighted by molar-refractivity contribution is 7.89. The summed E-state index contributed by atoms with van der Waals surface area (Å²) in [6, 6.07) is 7.64. The minimum absolute atomic E-state index is 0.0438. The summed E-state index contributed by atoms with van der Waals surface area (Å²) in [4.78, 5) is 23.5. The number of hydrogen-bond donors (Lipinski definition) is 2. The van der Waals surface area contributed by atoms with Crippen LogP contribution < -0.4 is 10.0 Å². The van der Waals surface area contributed by atoms with E-state index in [1.807, 2.05) is 0 Å². The number of sulfonamides is 1. The van der Waals surface area contributed by atoms with Gasteiger partial charge in [0.1, 0.15) is 11.8 Å². The highest BCUT2D eigenvalue weighted by Gasteiger charge is 2.23. The van der Waals surface area contributed by atoms with Gasteiger partial charge in [0.2, 0.25) is 10.0 Å². The zero-order valence-corrected chi connectivity index (χ0v) is 15.3. The van der Waals surface area contributed by atoms with Crippen LogP contribution in [0.2, 0.25) is 5.02 Å². The molecule has 2 rings (SSSR count). The molecule has 0 aliphatic heterocycles. The maximum atomic E-state index is 12.2. The Morgan fingerprint density at radius 2 is 1.92 bits per heavy atom. The molecule has 0 fully saturated rings. The van der Waals surface area contributed by atoms with E-state index in [-0.39, 0.29) is 11.4 Å². The Kier molecular flexibility index (Phi) is 6.78. The number of carbonyl (C=O) groups excluding carboxylic acids is 2. The number of rotatable bonds is 8. The Morgan fingerprint density at radius 1 is 1.23 bits per heavy atom. The van der Waals surface area contributed by atoms with Crippen molar-refractivity contribution in [1.29, 1.82) is 0 Å². The molecule has 140 valence electrons. The van der Waals surface area contributed by atoms with Crippen LogP contribution >= 0.6 is 11.6 Å². The van der Waals surface area contributed by atoms with Crippen LogP contribution in [0.1, 0.15) is 12.7 Å². The quantitative estimate of drug-likeness (QED) is 0.648. The maximum Gasteiger partial charge on any atom is 0.324 e. The lowest BCUT2D eigenvalue weighted by Gasteiger charge is -2.13. The number of carbonyl (C=O) groups is 2. The number of amides is 1. The van der Waals surface area contributed by atoms with Gasteiger partial charge < -0.3 is 14.5 Å². The number of furan rings is 1. The van der Waals surface area contributed by atoms with Gasteiger partial charge in [0.25, 0.3) is 5.91 Å². The second-order valence-corrected chi connectivity index (χ2v) is 7.41. The fraction of sp³-hybridized carbons (Fsp3) is 0.250. The number of nitrogens with one attached hydrogen (secondary N) is 2. The van der Waals surface area contributed by atoms with E-state index in [0.717, 1.165) is 0 Å². The minimum Gasteiger partial charge on any atom is -0.467 e. The van der Waals surface area contributed by atoms with Gasteiger partial charge in [-0.15, -0.1) is 0 Å². The molecule has 1 aromatic heterocycles. The zero-order valence-electron chi connectivity index (χ0n) is 13.8. The summed E-state index contributed by atoms with van der Waals surface area (Å²) in [5.74, 6) is -0.869. The molecule has 8 nitrogen and oxygen atoms in total. The van der Waals surface area contributed by atoms with Crippen LogP contribution in [0.15, 0.2) is 52.0 Å². The van der Waals surface area contributed by atoms with E-state index in [0.29, 0.717) is 10.8 Å². The Morgan fingerprint density at radius 3 is 2.54 bits per heavy atom. The van der Waals surface area contributed by atoms with Crippen molar-refractivity contribution in [2.75, 3.05) is 6.61 Å². The number of halogens is 1. The normalized spacial score (nSPS) is 12.4. The first-order chi connectivity index (χ1) is 12.3. The van der Waals surface area contributed by atoms with E-state index in [9.17, 15) is 18.0 Å². The molecule has 1 amide bonds. The summed E-state index contributed by atoms with van der Waals surface area (Å²) in [5.41, 5.74) is 0. The average Bonchev–Trinajstić information content (AvgIpc) is 3.11. The molecule has 0 aliphatic carbocycles. The van der Waals surface area contributed by atoms with E-state index >= 15 is 0 Å². The van der Waals surface area contributed by atoms with Crippen LogP contribution in [-0.2, 0) is 30.9 Å². The predicted molar refractivity (Wildman–Crippen MR) is 92.7 cm³/mol. The Bertz CT molecular complexity index is 849. The van der Waals surface area contributed by atoms with Crippen LogP contribution in [0.4, 0.5) is 0 Å². The van der Waals surface area contributed by atoms with Crippen LogP contribution in [-0.4, -0.2) is 32.9 Å². The molecule has 0 saturated carbocycles. The number of hydrogen-bond acceptors (Lipinski definition) is 6. The van der Waals surface area contributed by atoms with E-state index in [1.54, 1.807) is 12.1 Å². The van der Waals surface area contributed by atoms with Gasteiger partial charge >= 0.3 is 5.97 Å². The third kappa shape index (κ3) is 5.87. The molecule has 2 N–H and O–H groups in total. The van der Waals surface area contributed by atoms with Crippen LogP contribution in [0.3, 0.4) is 0 Å². The summed E-state index contributed by atoms with van der Waals surface area (Å²) in [5, 5.41) is 2.88. The number of esters is 1. The predicted octanol–water partition coefficient (Wildman–Crippen LogP) is 1.46. The highest BCUT2D eigenvalue weighted by atomic mass is 35.5. The van der Waals surface area contributed by atoms with Crippen molar-refractivity contribution in [3.8, 4) is 0 Å². The van der Waals surface area contributed by atoms with Crippen molar-refractivity contribution in [3.05, 3.63) is 53.4 Å². The van der Waals surface area contributed by atoms with Gasteiger partial charge in [0, 0.05) is 5.02 Å². The fourth-order valence-electron chi connectivity index (χ4n) is 1.87. The second-order valence-electron chi connectivity index (χ2n) is 5.26. The molecule has 0 bridgehead atoms. The van der Waals surface area contributed by atoms with E-state index in [4.69, 9.17) is 20.8 Å². The summed E-state index contributed by atoms with van der Waals surface area (Å²) >= 11 is 5.71. The first-order valence-electron chi connectivity index (χ1n) is 7.51. The van der Waals surface area contributed by atoms with Crippen molar-refractivity contribution in [2.45, 2.75) is 24.4 Å². The molecule has 0 aliphatic rings. The molecule has 10 heteroatoms. The van der Waals surface area contributed by atoms with E-state index in [2.05, 4.69) is 10.0 Å². The zero-order chi connectivity index (χ0) is 19.2. The van der Waals surface area contributed by atoms with Crippen molar-refractivity contribution in [1.82, 2.24) is 10.0 Å². The summed E-state index contributed by atoms with van der Waals surface area (Å²) in [6.07, 6.45) is 1.47. The second kappa shape index (κ2) is 8.84. The monoisotopic (exact) mass is 400 g/mol. The van der Waals surface area contributed by atoms with E-state index < -0.39 is 34.5 Å². The third-order valence-electron chi connectivity index (χ3n) is 3.19. The van der Waals surface area contributed by atoms with Gasteiger partial charge in [0.15, 0.2) is 6.61 Å². The first-order valence-corrected chi connectivity index (χ1v) is 9.37. The fourth-order valence-corrected chi connectivity index (χ4v) is 3.19. The van der Waals surface area contributed by atoms with Gasteiger partial charge in [-0.05, 0) is 43.3 Å². The van der Waals surface area contributed by atoms with Crippen molar-refractivity contribution >= 4 is 33.5 Å². The smallest absolute Gasteiger partial charge is 0.324 e. The van der Waals surface area contributed by atoms with Gasteiger partial charge in [-0.25, -0.2) is 8.42 Å². The molecule has 1 atom stereocenters. The Labute approximate surface area is 155 Å². The van der Waals surface area contributed by atoms with Crippen LogP contribution in [0, 0.1) is 0 Å². The molecular formula is C16H17ClN2O6S. The molecule has 26 heavy (non-hydrogen) atoms. The molecule has 2 aromatic rings. The third-order valence-corrected chi connectivity index (χ3v) is 5.00. The molecular weight excluding hydrogens is 384 g/mol. The van der Waals surface area contributed by atoms with Gasteiger partial charge in [-0.1, -0.05) is 11.6 Å². The molecule has 1 unspecified atom stereocenters. The van der Waals surface area contributed by atoms with E-state index in [1.165, 1.54) is 37.5 Å². The van der Waals surface area contributed by atoms with Crippen molar-refractivity contribution in [2.24, 2.45) is 0 Å². The summed E-state index contributed by atoms with van der Waals surface area (Å²) in [7, 11) is -3.92. The lowest BCUT2D eigenvalue weighted by atomic mass is 10.4. The Hall–Kier alpha value is -2.36. The average molecular weight is 401 g/mol. The van der Waals surface area contributed by atoms with Crippen molar-refractivity contribution in [3.63, 3.8) is 0 Å². The standard InChI is InChI=1S/C16H17ClN2O6S/c1-11(19-26(22,23)14-6-4-12(17)5-7-14)16(21)25-10-15(20)18-9-13-3-2-8-24-13/h2-8,11,19H,9-10H2,1H3,(H,18,20). The topological polar surface area (TPSA) is 115 Å². The molecule has 0 radical (unpaired) electrons. The highest BCUT2D eigenvalue weighted by Crippen LogP contribution is 2.14. The lowest BCUT2D eigenvalue weighted by Crippen LogP contribution is -2.40. The van der Waals surface area contributed by atoms with Gasteiger partial charge in [0.05, 0.1) is 17.7 Å². The first kappa shape index (κ1) is 20.0. The SMILES string of the molecule is CC(NS(=O)(=O)c1ccc(Cl)cc1)C(=O)OCC(=O)NCc1ccco1. The summed E-state index contributed by atoms with van der Waals surface area (Å²) in [6.45, 7) is 0.936. The minimum atomic E-state index is -3.92. The molecule has 0 saturated heterocycles.